The van der Waals surface area contributed by atoms with Crippen LogP contribution in [0.3, 0.4) is 0 Å². The molecule has 0 aliphatic rings. The Morgan fingerprint density at radius 1 is 1.57 bits per heavy atom. The van der Waals surface area contributed by atoms with E-state index in [0.29, 0.717) is 18.7 Å². The second kappa shape index (κ2) is 5.54. The number of nitrogens with two attached hydrogens (primary N) is 1. The summed E-state index contributed by atoms with van der Waals surface area (Å²) < 4.78 is 1.73. The minimum absolute atomic E-state index is 0.165. The monoisotopic (exact) mass is 195 g/mol. The first kappa shape index (κ1) is 10.9. The Balaban J connectivity index is 2.51. The molecule has 14 heavy (non-hydrogen) atoms. The topological polar surface area (TPSA) is 60.9 Å². The van der Waals surface area contributed by atoms with Crippen LogP contribution in [0.15, 0.2) is 12.3 Å². The molecule has 0 atom stereocenters. The van der Waals surface area contributed by atoms with E-state index >= 15 is 0 Å². The first-order valence-electron chi connectivity index (χ1n) is 5.04. The van der Waals surface area contributed by atoms with Gasteiger partial charge >= 0.3 is 0 Å². The summed E-state index contributed by atoms with van der Waals surface area (Å²) in [6, 6.07) is 1.77. The molecule has 1 heterocycles. The maximum atomic E-state index is 11.7. The molecule has 0 saturated carbocycles. The first-order chi connectivity index (χ1) is 6.79. The van der Waals surface area contributed by atoms with Gasteiger partial charge in [-0.05, 0) is 32.4 Å². The van der Waals surface area contributed by atoms with E-state index < -0.39 is 0 Å². The summed E-state index contributed by atoms with van der Waals surface area (Å²) in [5, 5.41) is 4.06. The standard InChI is InChI=1S/C10H17N3O/c1-2-13-9(6-8-12-13)10(14)5-3-4-7-11/h6,8H,2-5,7,11H2,1H3. The fourth-order valence-corrected chi connectivity index (χ4v) is 1.38. The number of unbranched alkanes of at least 4 members (excludes halogenated alkanes) is 1. The Morgan fingerprint density at radius 3 is 3.00 bits per heavy atom. The SMILES string of the molecule is CCn1nccc1C(=O)CCCCN. The number of nitrogens with zero attached hydrogens (tertiary/aromatic N) is 2. The maximum Gasteiger partial charge on any atom is 0.180 e. The zero-order valence-corrected chi connectivity index (χ0v) is 8.57. The second-order valence-corrected chi connectivity index (χ2v) is 3.20. The van der Waals surface area contributed by atoms with Crippen molar-refractivity contribution < 1.29 is 4.79 Å². The fourth-order valence-electron chi connectivity index (χ4n) is 1.38. The predicted molar refractivity (Wildman–Crippen MR) is 55.1 cm³/mol. The molecule has 2 N–H and O–H groups in total. The molecule has 0 radical (unpaired) electrons. The highest BCUT2D eigenvalue weighted by Crippen LogP contribution is 2.06. The van der Waals surface area contributed by atoms with Crippen LogP contribution in [-0.2, 0) is 6.54 Å². The van der Waals surface area contributed by atoms with Gasteiger partial charge in [0.15, 0.2) is 5.78 Å². The highest BCUT2D eigenvalue weighted by molar-refractivity contribution is 5.94. The molecule has 1 aromatic rings. The van der Waals surface area contributed by atoms with Crippen molar-refractivity contribution in [1.82, 2.24) is 9.78 Å². The number of aryl methyl sites for hydroxylation is 1. The van der Waals surface area contributed by atoms with Crippen LogP contribution in [0.5, 0.6) is 0 Å². The van der Waals surface area contributed by atoms with Gasteiger partial charge in [0.1, 0.15) is 5.69 Å². The third kappa shape index (κ3) is 2.67. The fraction of sp³-hybridized carbons (Fsp3) is 0.600. The lowest BCUT2D eigenvalue weighted by Crippen LogP contribution is -2.10. The quantitative estimate of drug-likeness (QED) is 0.548. The Labute approximate surface area is 84.1 Å². The van der Waals surface area contributed by atoms with Gasteiger partial charge in [-0.1, -0.05) is 0 Å². The average molecular weight is 195 g/mol. The summed E-state index contributed by atoms with van der Waals surface area (Å²) in [5.41, 5.74) is 6.07. The second-order valence-electron chi connectivity index (χ2n) is 3.20. The third-order valence-electron chi connectivity index (χ3n) is 2.16. The Kier molecular flexibility index (Phi) is 4.32. The highest BCUT2D eigenvalue weighted by Gasteiger charge is 2.09. The van der Waals surface area contributed by atoms with Crippen LogP contribution in [0.25, 0.3) is 0 Å². The largest absolute Gasteiger partial charge is 0.330 e. The van der Waals surface area contributed by atoms with Crippen molar-refractivity contribution in [3.63, 3.8) is 0 Å². The molecule has 4 heteroatoms. The minimum atomic E-state index is 0.165. The zero-order valence-electron chi connectivity index (χ0n) is 8.57. The van der Waals surface area contributed by atoms with Gasteiger partial charge in [0.2, 0.25) is 0 Å². The molecule has 0 bridgehead atoms. The molecule has 0 saturated heterocycles. The number of hydrogen-bond donors (Lipinski definition) is 1. The molecular weight excluding hydrogens is 178 g/mol. The summed E-state index contributed by atoms with van der Waals surface area (Å²) >= 11 is 0. The lowest BCUT2D eigenvalue weighted by atomic mass is 10.1. The molecule has 4 nitrogen and oxygen atoms in total. The Morgan fingerprint density at radius 2 is 2.36 bits per heavy atom. The molecule has 0 fully saturated rings. The average Bonchev–Trinajstić information content (AvgIpc) is 2.65. The Hall–Kier alpha value is -1.16. The lowest BCUT2D eigenvalue weighted by molar-refractivity contribution is 0.0969. The smallest absolute Gasteiger partial charge is 0.180 e. The summed E-state index contributed by atoms with van der Waals surface area (Å²) in [4.78, 5) is 11.7. The maximum absolute atomic E-state index is 11.7. The van der Waals surface area contributed by atoms with Gasteiger partial charge in [0, 0.05) is 19.2 Å². The summed E-state index contributed by atoms with van der Waals surface area (Å²) in [6.07, 6.45) is 4.01. The molecule has 0 amide bonds. The highest BCUT2D eigenvalue weighted by atomic mass is 16.1. The Bertz CT molecular complexity index is 293. The summed E-state index contributed by atoms with van der Waals surface area (Å²) in [5.74, 6) is 0.165. The van der Waals surface area contributed by atoms with Crippen molar-refractivity contribution in [2.45, 2.75) is 32.7 Å². The molecule has 0 spiro atoms. The van der Waals surface area contributed by atoms with Crippen molar-refractivity contribution in [1.29, 1.82) is 0 Å². The van der Waals surface area contributed by atoms with Crippen molar-refractivity contribution in [2.75, 3.05) is 6.54 Å². The van der Waals surface area contributed by atoms with Crippen LogP contribution in [0.4, 0.5) is 0 Å². The number of rotatable bonds is 6. The van der Waals surface area contributed by atoms with Gasteiger partial charge in [-0.3, -0.25) is 9.48 Å². The zero-order chi connectivity index (χ0) is 10.4. The molecule has 0 unspecified atom stereocenters. The van der Waals surface area contributed by atoms with Crippen LogP contribution in [0, 0.1) is 0 Å². The number of carbonyl (C=O) groups is 1. The number of hydrogen-bond acceptors (Lipinski definition) is 3. The van der Waals surface area contributed by atoms with E-state index in [2.05, 4.69) is 5.10 Å². The summed E-state index contributed by atoms with van der Waals surface area (Å²) in [6.45, 7) is 3.37. The van der Waals surface area contributed by atoms with Gasteiger partial charge in [-0.25, -0.2) is 0 Å². The van der Waals surface area contributed by atoms with Gasteiger partial charge in [-0.2, -0.15) is 5.10 Å². The van der Waals surface area contributed by atoms with Crippen LogP contribution in [0.2, 0.25) is 0 Å². The first-order valence-corrected chi connectivity index (χ1v) is 5.04. The van der Waals surface area contributed by atoms with E-state index in [0.717, 1.165) is 19.4 Å². The van der Waals surface area contributed by atoms with E-state index in [1.165, 1.54) is 0 Å². The molecule has 78 valence electrons. The molecule has 0 aliphatic carbocycles. The van der Waals surface area contributed by atoms with E-state index in [1.807, 2.05) is 6.92 Å². The van der Waals surface area contributed by atoms with Gasteiger partial charge < -0.3 is 5.73 Å². The summed E-state index contributed by atoms with van der Waals surface area (Å²) in [7, 11) is 0. The lowest BCUT2D eigenvalue weighted by Gasteiger charge is -2.02. The van der Waals surface area contributed by atoms with Crippen LogP contribution in [0.1, 0.15) is 36.7 Å². The number of Topliss-reactive ketones (excluding diaryl/α,β-unsaturated/α-hetero) is 1. The van der Waals surface area contributed by atoms with Gasteiger partial charge in [0.25, 0.3) is 0 Å². The van der Waals surface area contributed by atoms with Gasteiger partial charge in [-0.15, -0.1) is 0 Å². The predicted octanol–water partition coefficient (Wildman–Crippen LogP) is 1.21. The van der Waals surface area contributed by atoms with E-state index in [1.54, 1.807) is 16.9 Å². The van der Waals surface area contributed by atoms with Crippen molar-refractivity contribution in [2.24, 2.45) is 5.73 Å². The van der Waals surface area contributed by atoms with Crippen LogP contribution in [-0.4, -0.2) is 22.1 Å². The van der Waals surface area contributed by atoms with Crippen LogP contribution >= 0.6 is 0 Å². The van der Waals surface area contributed by atoms with E-state index in [4.69, 9.17) is 5.73 Å². The van der Waals surface area contributed by atoms with Gasteiger partial charge in [0.05, 0.1) is 0 Å². The third-order valence-corrected chi connectivity index (χ3v) is 2.16. The minimum Gasteiger partial charge on any atom is -0.330 e. The molecule has 1 rings (SSSR count). The molecule has 0 aliphatic heterocycles. The van der Waals surface area contributed by atoms with Crippen molar-refractivity contribution in [3.8, 4) is 0 Å². The van der Waals surface area contributed by atoms with E-state index in [-0.39, 0.29) is 5.78 Å². The van der Waals surface area contributed by atoms with Crippen molar-refractivity contribution >= 4 is 5.78 Å². The normalized spacial score (nSPS) is 10.4. The number of aromatic nitrogens is 2. The molecule has 1 aromatic heterocycles. The van der Waals surface area contributed by atoms with E-state index in [9.17, 15) is 4.79 Å². The number of carbonyl (C=O) groups excluding carboxylic acids is 1. The molecule has 0 aromatic carbocycles. The molecular formula is C10H17N3O. The van der Waals surface area contributed by atoms with Crippen LogP contribution < -0.4 is 5.73 Å². The van der Waals surface area contributed by atoms with Crippen molar-refractivity contribution in [3.05, 3.63) is 18.0 Å². The number of ketones is 1.